The molecule has 1 aromatic heterocycles. The van der Waals surface area contributed by atoms with E-state index < -0.39 is 0 Å². The van der Waals surface area contributed by atoms with Crippen molar-refractivity contribution >= 4 is 17.5 Å². The van der Waals surface area contributed by atoms with Crippen LogP contribution in [-0.2, 0) is 6.61 Å². The molecule has 0 saturated carbocycles. The summed E-state index contributed by atoms with van der Waals surface area (Å²) in [6.07, 6.45) is -0.0675. The molecule has 0 fully saturated rings. The van der Waals surface area contributed by atoms with Gasteiger partial charge >= 0.3 is 12.0 Å². The molecule has 0 bridgehead atoms. The molecular formula is C13H16ClN5O2. The molecule has 7 nitrogen and oxygen atoms in total. The molecule has 0 atom stereocenters. The number of hydrazine groups is 1. The van der Waals surface area contributed by atoms with Crippen LogP contribution < -0.4 is 20.7 Å². The quantitative estimate of drug-likeness (QED) is 0.623. The Hall–Kier alpha value is -2.12. The molecule has 0 unspecified atom stereocenters. The molecule has 3 N–H and O–H groups in total. The second-order valence-electron chi connectivity index (χ2n) is 4.45. The summed E-state index contributed by atoms with van der Waals surface area (Å²) >= 11 is 5.83. The van der Waals surface area contributed by atoms with Gasteiger partial charge in [0, 0.05) is 5.02 Å². The highest BCUT2D eigenvalue weighted by atomic mass is 35.5. The van der Waals surface area contributed by atoms with E-state index in [-0.39, 0.29) is 24.1 Å². The third-order valence-electron chi connectivity index (χ3n) is 2.35. The summed E-state index contributed by atoms with van der Waals surface area (Å²) in [5.74, 6) is 5.49. The molecule has 1 heterocycles. The van der Waals surface area contributed by atoms with Crippen molar-refractivity contribution in [2.75, 3.05) is 5.43 Å². The number of nitrogen functional groups attached to an aromatic ring is 1. The van der Waals surface area contributed by atoms with Crippen molar-refractivity contribution in [3.63, 3.8) is 0 Å². The molecule has 0 spiro atoms. The lowest BCUT2D eigenvalue weighted by Crippen LogP contribution is -2.15. The highest BCUT2D eigenvalue weighted by molar-refractivity contribution is 6.30. The van der Waals surface area contributed by atoms with Crippen LogP contribution in [-0.4, -0.2) is 21.1 Å². The molecule has 1 aromatic carbocycles. The summed E-state index contributed by atoms with van der Waals surface area (Å²) in [6.45, 7) is 4.04. The third-order valence-corrected chi connectivity index (χ3v) is 2.60. The second-order valence-corrected chi connectivity index (χ2v) is 4.89. The molecular weight excluding hydrogens is 294 g/mol. The fourth-order valence-electron chi connectivity index (χ4n) is 1.46. The van der Waals surface area contributed by atoms with E-state index in [0.717, 1.165) is 5.56 Å². The predicted octanol–water partition coefficient (Wildman–Crippen LogP) is 2.18. The van der Waals surface area contributed by atoms with E-state index in [0.29, 0.717) is 11.6 Å². The summed E-state index contributed by atoms with van der Waals surface area (Å²) in [6, 6.07) is 7.57. The van der Waals surface area contributed by atoms with Crippen molar-refractivity contribution in [1.82, 2.24) is 15.0 Å². The largest absolute Gasteiger partial charge is 0.461 e. The van der Waals surface area contributed by atoms with Gasteiger partial charge in [-0.1, -0.05) is 23.7 Å². The Balaban J connectivity index is 2.09. The maximum atomic E-state index is 5.83. The first-order valence-electron chi connectivity index (χ1n) is 6.33. The summed E-state index contributed by atoms with van der Waals surface area (Å²) in [7, 11) is 0. The van der Waals surface area contributed by atoms with Gasteiger partial charge in [0.2, 0.25) is 5.95 Å². The zero-order chi connectivity index (χ0) is 15.2. The van der Waals surface area contributed by atoms with Crippen LogP contribution in [0.1, 0.15) is 19.4 Å². The van der Waals surface area contributed by atoms with Crippen LogP contribution in [0.4, 0.5) is 5.95 Å². The lowest BCUT2D eigenvalue weighted by molar-refractivity contribution is 0.211. The predicted molar refractivity (Wildman–Crippen MR) is 79.2 cm³/mol. The lowest BCUT2D eigenvalue weighted by atomic mass is 10.2. The number of halogens is 1. The van der Waals surface area contributed by atoms with E-state index in [9.17, 15) is 0 Å². The van der Waals surface area contributed by atoms with E-state index in [1.807, 2.05) is 26.0 Å². The number of hydrogen-bond acceptors (Lipinski definition) is 7. The van der Waals surface area contributed by atoms with Crippen LogP contribution in [0.25, 0.3) is 0 Å². The van der Waals surface area contributed by atoms with E-state index >= 15 is 0 Å². The second kappa shape index (κ2) is 7.05. The molecule has 0 radical (unpaired) electrons. The first-order chi connectivity index (χ1) is 10.1. The molecule has 8 heteroatoms. The van der Waals surface area contributed by atoms with Gasteiger partial charge in [0.15, 0.2) is 0 Å². The van der Waals surface area contributed by atoms with Gasteiger partial charge in [-0.15, -0.1) is 4.98 Å². The molecule has 0 aliphatic carbocycles. The van der Waals surface area contributed by atoms with Crippen molar-refractivity contribution in [2.45, 2.75) is 26.6 Å². The minimum absolute atomic E-state index is 0.0675. The van der Waals surface area contributed by atoms with Crippen molar-refractivity contribution in [3.8, 4) is 12.0 Å². The number of nitrogens with one attached hydrogen (secondary N) is 1. The minimum atomic E-state index is -0.0675. The number of hydrogen-bond donors (Lipinski definition) is 2. The first-order valence-corrected chi connectivity index (χ1v) is 6.71. The number of rotatable bonds is 6. The molecule has 112 valence electrons. The average Bonchev–Trinajstić information content (AvgIpc) is 2.45. The van der Waals surface area contributed by atoms with Gasteiger partial charge < -0.3 is 9.47 Å². The SMILES string of the molecule is CC(C)Oc1nc(NN)nc(OCc2ccc(Cl)cc2)n1. The Labute approximate surface area is 127 Å². The van der Waals surface area contributed by atoms with Gasteiger partial charge in [-0.25, -0.2) is 5.84 Å². The Morgan fingerprint density at radius 2 is 1.81 bits per heavy atom. The monoisotopic (exact) mass is 309 g/mol. The molecule has 0 aliphatic rings. The van der Waals surface area contributed by atoms with Crippen LogP contribution >= 0.6 is 11.6 Å². The van der Waals surface area contributed by atoms with Crippen LogP contribution in [0, 0.1) is 0 Å². The van der Waals surface area contributed by atoms with Crippen molar-refractivity contribution in [2.24, 2.45) is 5.84 Å². The van der Waals surface area contributed by atoms with E-state index in [2.05, 4.69) is 20.4 Å². The highest BCUT2D eigenvalue weighted by Crippen LogP contribution is 2.15. The van der Waals surface area contributed by atoms with Crippen molar-refractivity contribution in [1.29, 1.82) is 0 Å². The Morgan fingerprint density at radius 3 is 2.43 bits per heavy atom. The Morgan fingerprint density at radius 1 is 1.14 bits per heavy atom. The number of ether oxygens (including phenoxy) is 2. The van der Waals surface area contributed by atoms with Gasteiger partial charge in [-0.3, -0.25) is 5.43 Å². The highest BCUT2D eigenvalue weighted by Gasteiger charge is 2.09. The summed E-state index contributed by atoms with van der Waals surface area (Å²) in [4.78, 5) is 12.1. The first kappa shape index (κ1) is 15.3. The summed E-state index contributed by atoms with van der Waals surface area (Å²) in [5, 5.41) is 0.668. The summed E-state index contributed by atoms with van der Waals surface area (Å²) in [5.41, 5.74) is 3.29. The number of nitrogens with two attached hydrogens (primary N) is 1. The van der Waals surface area contributed by atoms with E-state index in [1.165, 1.54) is 0 Å². The Bertz CT molecular complexity index is 592. The number of nitrogens with zero attached hydrogens (tertiary/aromatic N) is 3. The van der Waals surface area contributed by atoms with Gasteiger partial charge in [-0.2, -0.15) is 9.97 Å². The standard InChI is InChI=1S/C13H16ClN5O2/c1-8(2)21-13-17-11(19-15)16-12(18-13)20-7-9-3-5-10(14)6-4-9/h3-6,8H,7,15H2,1-2H3,(H,16,17,18,19). The Kier molecular flexibility index (Phi) is 5.13. The zero-order valence-electron chi connectivity index (χ0n) is 11.7. The maximum absolute atomic E-state index is 5.83. The molecule has 21 heavy (non-hydrogen) atoms. The molecule has 0 aliphatic heterocycles. The number of benzene rings is 1. The molecule has 2 rings (SSSR count). The third kappa shape index (κ3) is 4.73. The average molecular weight is 310 g/mol. The number of aromatic nitrogens is 3. The fourth-order valence-corrected chi connectivity index (χ4v) is 1.59. The smallest absolute Gasteiger partial charge is 0.324 e. The topological polar surface area (TPSA) is 95.2 Å². The summed E-state index contributed by atoms with van der Waals surface area (Å²) < 4.78 is 10.9. The van der Waals surface area contributed by atoms with Crippen LogP contribution in [0.15, 0.2) is 24.3 Å². The van der Waals surface area contributed by atoms with Crippen LogP contribution in [0.5, 0.6) is 12.0 Å². The van der Waals surface area contributed by atoms with E-state index in [4.69, 9.17) is 26.9 Å². The number of anilines is 1. The maximum Gasteiger partial charge on any atom is 0.324 e. The van der Waals surface area contributed by atoms with Crippen molar-refractivity contribution in [3.05, 3.63) is 34.9 Å². The van der Waals surface area contributed by atoms with Crippen molar-refractivity contribution < 1.29 is 9.47 Å². The van der Waals surface area contributed by atoms with Crippen LogP contribution in [0.3, 0.4) is 0 Å². The van der Waals surface area contributed by atoms with Gasteiger partial charge in [0.1, 0.15) is 6.61 Å². The molecule has 0 saturated heterocycles. The van der Waals surface area contributed by atoms with Crippen LogP contribution in [0.2, 0.25) is 5.02 Å². The van der Waals surface area contributed by atoms with Gasteiger partial charge in [-0.05, 0) is 31.5 Å². The molecule has 0 amide bonds. The normalized spacial score (nSPS) is 10.5. The minimum Gasteiger partial charge on any atom is -0.461 e. The zero-order valence-corrected chi connectivity index (χ0v) is 12.5. The lowest BCUT2D eigenvalue weighted by Gasteiger charge is -2.10. The molecule has 2 aromatic rings. The van der Waals surface area contributed by atoms with Gasteiger partial charge in [0.25, 0.3) is 0 Å². The fraction of sp³-hybridized carbons (Fsp3) is 0.308. The van der Waals surface area contributed by atoms with Gasteiger partial charge in [0.05, 0.1) is 6.10 Å². The van der Waals surface area contributed by atoms with E-state index in [1.54, 1.807) is 12.1 Å².